The van der Waals surface area contributed by atoms with Crippen LogP contribution >= 0.6 is 0 Å². The number of nitro benzene ring substituents is 1. The fourth-order valence-corrected chi connectivity index (χ4v) is 1.70. The number of ketones is 1. The molecule has 1 aromatic carbocycles. The highest BCUT2D eigenvalue weighted by Crippen LogP contribution is 2.25. The fourth-order valence-electron chi connectivity index (χ4n) is 1.70. The smallest absolute Gasteiger partial charge is 0.270 e. The zero-order valence-electron chi connectivity index (χ0n) is 10.6. The molecule has 18 heavy (non-hydrogen) atoms. The zero-order valence-corrected chi connectivity index (χ0v) is 10.6. The molecule has 0 spiro atoms. The van der Waals surface area contributed by atoms with E-state index in [1.807, 2.05) is 0 Å². The van der Waals surface area contributed by atoms with Gasteiger partial charge in [-0.15, -0.1) is 0 Å². The predicted octanol–water partition coefficient (Wildman–Crippen LogP) is 3.37. The number of hydrogen-bond donors (Lipinski definition) is 0. The summed E-state index contributed by atoms with van der Waals surface area (Å²) in [6.07, 6.45) is 3.19. The van der Waals surface area contributed by atoms with Crippen LogP contribution < -0.4 is 4.74 Å². The van der Waals surface area contributed by atoms with E-state index in [4.69, 9.17) is 4.74 Å². The molecule has 0 atom stereocenters. The number of hydrogen-bond acceptors (Lipinski definition) is 4. The Kier molecular flexibility index (Phi) is 5.30. The first-order valence-corrected chi connectivity index (χ1v) is 5.95. The summed E-state index contributed by atoms with van der Waals surface area (Å²) < 4.78 is 5.06. The number of nitrogens with zero attached hydrogens (tertiary/aromatic N) is 1. The van der Waals surface area contributed by atoms with Gasteiger partial charge in [0, 0.05) is 18.6 Å². The third-order valence-electron chi connectivity index (χ3n) is 2.70. The minimum absolute atomic E-state index is 0.0883. The van der Waals surface area contributed by atoms with E-state index in [1.165, 1.54) is 25.3 Å². The van der Waals surface area contributed by atoms with Crippen molar-refractivity contribution in [1.29, 1.82) is 0 Å². The van der Waals surface area contributed by atoms with Gasteiger partial charge in [0.25, 0.3) is 5.69 Å². The van der Waals surface area contributed by atoms with Crippen LogP contribution in [0.5, 0.6) is 5.75 Å². The van der Waals surface area contributed by atoms with Crippen LogP contribution in [0.4, 0.5) is 5.69 Å². The topological polar surface area (TPSA) is 69.4 Å². The molecule has 0 saturated heterocycles. The van der Waals surface area contributed by atoms with Crippen LogP contribution in [0, 0.1) is 10.1 Å². The van der Waals surface area contributed by atoms with Gasteiger partial charge in [0.05, 0.1) is 17.6 Å². The van der Waals surface area contributed by atoms with Crippen LogP contribution in [0.3, 0.4) is 0 Å². The minimum atomic E-state index is -0.512. The van der Waals surface area contributed by atoms with Crippen LogP contribution in [-0.4, -0.2) is 17.8 Å². The number of non-ortho nitro benzene ring substituents is 1. The lowest BCUT2D eigenvalue weighted by Gasteiger charge is -2.07. The third-order valence-corrected chi connectivity index (χ3v) is 2.70. The third kappa shape index (κ3) is 3.55. The summed E-state index contributed by atoms with van der Waals surface area (Å²) in [6, 6.07) is 4.08. The molecule has 0 aliphatic carbocycles. The number of methoxy groups -OCH3 is 1. The van der Waals surface area contributed by atoms with E-state index >= 15 is 0 Å². The number of nitro groups is 1. The zero-order chi connectivity index (χ0) is 13.5. The first-order valence-electron chi connectivity index (χ1n) is 5.95. The SMILES string of the molecule is CCCCCC(=O)c1cc([N+](=O)[O-])ccc1OC. The van der Waals surface area contributed by atoms with Gasteiger partial charge < -0.3 is 4.74 Å². The molecule has 0 heterocycles. The number of carbonyl (C=O) groups is 1. The number of rotatable bonds is 7. The monoisotopic (exact) mass is 251 g/mol. The van der Waals surface area contributed by atoms with Gasteiger partial charge in [-0.3, -0.25) is 14.9 Å². The standard InChI is InChI=1S/C13H17NO4/c1-3-4-5-6-12(15)11-9-10(14(16)17)7-8-13(11)18-2/h7-9H,3-6H2,1-2H3. The first kappa shape index (κ1) is 14.2. The summed E-state index contributed by atoms with van der Waals surface area (Å²) in [6.45, 7) is 2.05. The molecule has 5 heteroatoms. The summed E-state index contributed by atoms with van der Waals surface area (Å²) in [7, 11) is 1.45. The van der Waals surface area contributed by atoms with E-state index in [9.17, 15) is 14.9 Å². The van der Waals surface area contributed by atoms with Gasteiger partial charge in [-0.25, -0.2) is 0 Å². The quantitative estimate of drug-likeness (QED) is 0.322. The lowest BCUT2D eigenvalue weighted by Crippen LogP contribution is -2.03. The van der Waals surface area contributed by atoms with Gasteiger partial charge in [-0.1, -0.05) is 19.8 Å². The van der Waals surface area contributed by atoms with E-state index in [1.54, 1.807) is 0 Å². The second-order valence-electron chi connectivity index (χ2n) is 4.02. The Morgan fingerprint density at radius 2 is 2.11 bits per heavy atom. The normalized spacial score (nSPS) is 10.1. The molecule has 0 aliphatic heterocycles. The summed E-state index contributed by atoms with van der Waals surface area (Å²) in [4.78, 5) is 22.1. The van der Waals surface area contributed by atoms with Crippen LogP contribution in [0.2, 0.25) is 0 Å². The molecule has 0 saturated carbocycles. The highest BCUT2D eigenvalue weighted by atomic mass is 16.6. The molecule has 0 aliphatic rings. The number of ether oxygens (including phenoxy) is 1. The maximum absolute atomic E-state index is 12.0. The Labute approximate surface area is 106 Å². The van der Waals surface area contributed by atoms with Crippen LogP contribution in [0.25, 0.3) is 0 Å². The lowest BCUT2D eigenvalue weighted by atomic mass is 10.0. The summed E-state index contributed by atoms with van der Waals surface area (Å²) >= 11 is 0. The van der Waals surface area contributed by atoms with Crippen molar-refractivity contribution in [2.75, 3.05) is 7.11 Å². The van der Waals surface area contributed by atoms with Gasteiger partial charge in [-0.2, -0.15) is 0 Å². The maximum atomic E-state index is 12.0. The van der Waals surface area contributed by atoms with Crippen molar-refractivity contribution in [3.8, 4) is 5.75 Å². The first-order chi connectivity index (χ1) is 8.60. The second-order valence-corrected chi connectivity index (χ2v) is 4.02. The molecular weight excluding hydrogens is 234 g/mol. The van der Waals surface area contributed by atoms with Gasteiger partial charge in [0.15, 0.2) is 5.78 Å². The van der Waals surface area contributed by atoms with E-state index in [2.05, 4.69) is 6.92 Å². The molecule has 0 unspecified atom stereocenters. The van der Waals surface area contributed by atoms with E-state index < -0.39 is 4.92 Å². The van der Waals surface area contributed by atoms with E-state index in [0.29, 0.717) is 17.7 Å². The Balaban J connectivity index is 2.93. The number of unbranched alkanes of at least 4 members (excludes halogenated alkanes) is 2. The van der Waals surface area contributed by atoms with Crippen molar-refractivity contribution in [3.05, 3.63) is 33.9 Å². The van der Waals surface area contributed by atoms with Gasteiger partial charge >= 0.3 is 0 Å². The molecule has 0 bridgehead atoms. The molecule has 0 N–H and O–H groups in total. The van der Waals surface area contributed by atoms with E-state index in [-0.39, 0.29) is 11.5 Å². The summed E-state index contributed by atoms with van der Waals surface area (Å²) in [5.74, 6) is 0.283. The summed E-state index contributed by atoms with van der Waals surface area (Å²) in [5, 5.41) is 10.7. The Morgan fingerprint density at radius 1 is 1.39 bits per heavy atom. The Morgan fingerprint density at radius 3 is 2.67 bits per heavy atom. The Bertz CT molecular complexity index is 443. The number of carbonyl (C=O) groups excluding carboxylic acids is 1. The van der Waals surface area contributed by atoms with Crippen LogP contribution in [0.15, 0.2) is 18.2 Å². The predicted molar refractivity (Wildman–Crippen MR) is 68.1 cm³/mol. The molecule has 98 valence electrons. The molecule has 0 radical (unpaired) electrons. The molecule has 0 fully saturated rings. The molecule has 0 amide bonds. The molecule has 5 nitrogen and oxygen atoms in total. The summed E-state index contributed by atoms with van der Waals surface area (Å²) in [5.41, 5.74) is 0.206. The molecule has 1 aromatic rings. The average Bonchev–Trinajstić information content (AvgIpc) is 2.38. The van der Waals surface area contributed by atoms with Gasteiger partial charge in [0.2, 0.25) is 0 Å². The van der Waals surface area contributed by atoms with Crippen molar-refractivity contribution in [3.63, 3.8) is 0 Å². The average molecular weight is 251 g/mol. The number of benzene rings is 1. The highest BCUT2D eigenvalue weighted by molar-refractivity contribution is 5.99. The van der Waals surface area contributed by atoms with Gasteiger partial charge in [-0.05, 0) is 12.5 Å². The molecule has 1 rings (SSSR count). The Hall–Kier alpha value is -1.91. The van der Waals surface area contributed by atoms with Crippen molar-refractivity contribution in [2.45, 2.75) is 32.6 Å². The van der Waals surface area contributed by atoms with Crippen LogP contribution in [-0.2, 0) is 0 Å². The molecular formula is C13H17NO4. The van der Waals surface area contributed by atoms with Crippen molar-refractivity contribution in [2.24, 2.45) is 0 Å². The fraction of sp³-hybridized carbons (Fsp3) is 0.462. The maximum Gasteiger partial charge on any atom is 0.270 e. The second kappa shape index (κ2) is 6.74. The van der Waals surface area contributed by atoms with Crippen molar-refractivity contribution in [1.82, 2.24) is 0 Å². The van der Waals surface area contributed by atoms with Crippen LogP contribution in [0.1, 0.15) is 43.0 Å². The van der Waals surface area contributed by atoms with E-state index in [0.717, 1.165) is 19.3 Å². The van der Waals surface area contributed by atoms with Crippen molar-refractivity contribution >= 4 is 11.5 Å². The van der Waals surface area contributed by atoms with Gasteiger partial charge in [0.1, 0.15) is 5.75 Å². The molecule has 0 aromatic heterocycles. The minimum Gasteiger partial charge on any atom is -0.496 e. The largest absolute Gasteiger partial charge is 0.496 e. The lowest BCUT2D eigenvalue weighted by molar-refractivity contribution is -0.384. The van der Waals surface area contributed by atoms with Crippen molar-refractivity contribution < 1.29 is 14.5 Å². The number of Topliss-reactive ketones (excluding diaryl/α,β-unsaturated/α-hetero) is 1. The highest BCUT2D eigenvalue weighted by Gasteiger charge is 2.16.